The molecule has 1 aliphatic rings. The molecular formula is C29H30N6O2. The number of aromatic nitrogens is 3. The lowest BCUT2D eigenvalue weighted by Crippen LogP contribution is -2.43. The summed E-state index contributed by atoms with van der Waals surface area (Å²) >= 11 is 0. The second kappa shape index (κ2) is 11.2. The van der Waals surface area contributed by atoms with Gasteiger partial charge >= 0.3 is 0 Å². The molecule has 0 bridgehead atoms. The van der Waals surface area contributed by atoms with Crippen LogP contribution in [-0.2, 0) is 13.0 Å². The van der Waals surface area contributed by atoms with Crippen molar-refractivity contribution in [3.63, 3.8) is 0 Å². The number of anilines is 2. The van der Waals surface area contributed by atoms with Crippen LogP contribution in [0.25, 0.3) is 11.4 Å². The second-order valence-electron chi connectivity index (χ2n) is 9.22. The molecule has 4 aromatic rings. The third-order valence-corrected chi connectivity index (χ3v) is 6.43. The number of pyridine rings is 3. The van der Waals surface area contributed by atoms with Crippen LogP contribution in [-0.4, -0.2) is 39.9 Å². The molecular weight excluding hydrogens is 464 g/mol. The summed E-state index contributed by atoms with van der Waals surface area (Å²) in [6.45, 7) is 2.07. The number of rotatable bonds is 8. The van der Waals surface area contributed by atoms with Gasteiger partial charge in [-0.15, -0.1) is 0 Å². The summed E-state index contributed by atoms with van der Waals surface area (Å²) in [7, 11) is 0. The number of hydrogen-bond acceptors (Lipinski definition) is 8. The van der Waals surface area contributed by atoms with Crippen molar-refractivity contribution in [1.29, 1.82) is 0 Å². The Morgan fingerprint density at radius 3 is 2.68 bits per heavy atom. The highest BCUT2D eigenvalue weighted by atomic mass is 16.5. The van der Waals surface area contributed by atoms with Crippen LogP contribution in [0, 0.1) is 0 Å². The van der Waals surface area contributed by atoms with Gasteiger partial charge in [0.25, 0.3) is 0 Å². The number of ether oxygens (including phenoxy) is 1. The molecule has 4 N–H and O–H groups in total. The minimum atomic E-state index is -0.175. The number of nitrogens with two attached hydrogens (primary N) is 2. The largest absolute Gasteiger partial charge is 0.473 e. The molecule has 1 saturated heterocycles. The van der Waals surface area contributed by atoms with Crippen molar-refractivity contribution in [2.75, 3.05) is 23.7 Å². The van der Waals surface area contributed by atoms with Crippen LogP contribution in [0.5, 0.6) is 5.88 Å². The Morgan fingerprint density at radius 2 is 1.84 bits per heavy atom. The Balaban J connectivity index is 1.35. The lowest BCUT2D eigenvalue weighted by Gasteiger charge is -2.33. The zero-order valence-corrected chi connectivity index (χ0v) is 20.6. The zero-order chi connectivity index (χ0) is 25.6. The minimum Gasteiger partial charge on any atom is -0.473 e. The Labute approximate surface area is 216 Å². The van der Waals surface area contributed by atoms with E-state index in [0.29, 0.717) is 29.6 Å². The van der Waals surface area contributed by atoms with Crippen LogP contribution in [0.3, 0.4) is 0 Å². The fourth-order valence-electron chi connectivity index (χ4n) is 4.56. The predicted octanol–water partition coefficient (Wildman–Crippen LogP) is 4.05. The van der Waals surface area contributed by atoms with E-state index in [1.807, 2.05) is 48.5 Å². The summed E-state index contributed by atoms with van der Waals surface area (Å²) in [4.78, 5) is 29.1. The highest BCUT2D eigenvalue weighted by Crippen LogP contribution is 2.26. The van der Waals surface area contributed by atoms with Gasteiger partial charge in [0.2, 0.25) is 5.88 Å². The van der Waals surface area contributed by atoms with Crippen molar-refractivity contribution in [1.82, 2.24) is 15.0 Å². The predicted molar refractivity (Wildman–Crippen MR) is 144 cm³/mol. The maximum Gasteiger partial charge on any atom is 0.214 e. The molecule has 0 aliphatic carbocycles. The molecule has 5 rings (SSSR count). The molecule has 0 spiro atoms. The van der Waals surface area contributed by atoms with Crippen LogP contribution in [0.15, 0.2) is 79.1 Å². The van der Waals surface area contributed by atoms with Gasteiger partial charge in [-0.05, 0) is 42.7 Å². The van der Waals surface area contributed by atoms with E-state index in [-0.39, 0.29) is 23.9 Å². The Kier molecular flexibility index (Phi) is 7.37. The lowest BCUT2D eigenvalue weighted by molar-refractivity contribution is 0.0989. The number of ketones is 1. The van der Waals surface area contributed by atoms with Crippen molar-refractivity contribution >= 4 is 17.2 Å². The molecule has 8 nitrogen and oxygen atoms in total. The summed E-state index contributed by atoms with van der Waals surface area (Å²) < 4.78 is 5.86. The van der Waals surface area contributed by atoms with Crippen LogP contribution < -0.4 is 21.1 Å². The van der Waals surface area contributed by atoms with Gasteiger partial charge in [0.15, 0.2) is 5.78 Å². The monoisotopic (exact) mass is 494 g/mol. The fourth-order valence-corrected chi connectivity index (χ4v) is 4.56. The van der Waals surface area contributed by atoms with Crippen LogP contribution in [0.1, 0.15) is 34.5 Å². The maximum atomic E-state index is 13.4. The second-order valence-corrected chi connectivity index (χ2v) is 9.22. The van der Waals surface area contributed by atoms with Gasteiger partial charge in [0, 0.05) is 55.3 Å². The number of benzene rings is 1. The SMILES string of the molecule is Nc1ccc(-c2cccc(OCc3ccccc3)n2)nc1C(=O)Cc1cnccc1N1CCC[C@H](N)C1. The number of nitrogen functional groups attached to an aromatic ring is 1. The quantitative estimate of drug-likeness (QED) is 0.352. The van der Waals surface area contributed by atoms with Crippen LogP contribution in [0.2, 0.25) is 0 Å². The summed E-state index contributed by atoms with van der Waals surface area (Å²) in [6, 6.07) is 20.9. The Morgan fingerprint density at radius 1 is 1.00 bits per heavy atom. The van der Waals surface area contributed by atoms with Gasteiger partial charge in [-0.2, -0.15) is 0 Å². The van der Waals surface area contributed by atoms with Crippen molar-refractivity contribution < 1.29 is 9.53 Å². The summed E-state index contributed by atoms with van der Waals surface area (Å²) in [6.07, 6.45) is 5.66. The van der Waals surface area contributed by atoms with Gasteiger partial charge in [-0.1, -0.05) is 36.4 Å². The molecule has 1 fully saturated rings. The fraction of sp³-hybridized carbons (Fsp3) is 0.241. The van der Waals surface area contributed by atoms with Crippen molar-refractivity contribution in [3.05, 3.63) is 95.9 Å². The highest BCUT2D eigenvalue weighted by Gasteiger charge is 2.22. The smallest absolute Gasteiger partial charge is 0.214 e. The molecule has 3 aromatic heterocycles. The van der Waals surface area contributed by atoms with Crippen LogP contribution >= 0.6 is 0 Å². The normalized spacial score (nSPS) is 15.4. The number of carbonyl (C=O) groups excluding carboxylic acids is 1. The van der Waals surface area contributed by atoms with E-state index in [0.717, 1.165) is 42.7 Å². The summed E-state index contributed by atoms with van der Waals surface area (Å²) in [5, 5.41) is 0. The van der Waals surface area contributed by atoms with Gasteiger partial charge < -0.3 is 21.1 Å². The van der Waals surface area contributed by atoms with Crippen LogP contribution in [0.4, 0.5) is 11.4 Å². The first-order valence-electron chi connectivity index (χ1n) is 12.4. The number of piperidine rings is 1. The summed E-state index contributed by atoms with van der Waals surface area (Å²) in [5.74, 6) is 0.305. The third kappa shape index (κ3) is 5.92. The van der Waals surface area contributed by atoms with E-state index >= 15 is 0 Å². The maximum absolute atomic E-state index is 13.4. The summed E-state index contributed by atoms with van der Waals surface area (Å²) in [5.41, 5.74) is 17.0. The average Bonchev–Trinajstić information content (AvgIpc) is 2.93. The van der Waals surface area contributed by atoms with E-state index in [1.54, 1.807) is 30.6 Å². The van der Waals surface area contributed by atoms with E-state index < -0.39 is 0 Å². The molecule has 0 saturated carbocycles. The first-order valence-corrected chi connectivity index (χ1v) is 12.4. The molecule has 8 heteroatoms. The topological polar surface area (TPSA) is 120 Å². The molecule has 37 heavy (non-hydrogen) atoms. The average molecular weight is 495 g/mol. The molecule has 188 valence electrons. The number of hydrogen-bond donors (Lipinski definition) is 2. The van der Waals surface area contributed by atoms with E-state index in [2.05, 4.69) is 19.9 Å². The molecule has 4 heterocycles. The number of carbonyl (C=O) groups is 1. The van der Waals surface area contributed by atoms with E-state index in [9.17, 15) is 4.79 Å². The lowest BCUT2D eigenvalue weighted by atomic mass is 10.0. The molecule has 1 aromatic carbocycles. The number of nitrogens with zero attached hydrogens (tertiary/aromatic N) is 4. The highest BCUT2D eigenvalue weighted by molar-refractivity contribution is 6.01. The molecule has 0 unspecified atom stereocenters. The van der Waals surface area contributed by atoms with Crippen molar-refractivity contribution in [2.45, 2.75) is 31.9 Å². The molecule has 0 amide bonds. The van der Waals surface area contributed by atoms with Gasteiger partial charge in [-0.25, -0.2) is 9.97 Å². The van der Waals surface area contributed by atoms with E-state index in [1.165, 1.54) is 0 Å². The zero-order valence-electron chi connectivity index (χ0n) is 20.6. The minimum absolute atomic E-state index is 0.124. The number of Topliss-reactive ketones (excluding diaryl/α,β-unsaturated/α-hetero) is 1. The molecule has 1 aliphatic heterocycles. The molecule has 1 atom stereocenters. The van der Waals surface area contributed by atoms with Crippen molar-refractivity contribution in [2.24, 2.45) is 5.73 Å². The van der Waals surface area contributed by atoms with Gasteiger partial charge in [0.1, 0.15) is 12.3 Å². The van der Waals surface area contributed by atoms with Gasteiger partial charge in [-0.3, -0.25) is 9.78 Å². The Bertz CT molecular complexity index is 1380. The first-order chi connectivity index (χ1) is 18.1. The van der Waals surface area contributed by atoms with Crippen molar-refractivity contribution in [3.8, 4) is 17.3 Å². The molecule has 0 radical (unpaired) electrons. The third-order valence-electron chi connectivity index (χ3n) is 6.43. The first kappa shape index (κ1) is 24.4. The van der Waals surface area contributed by atoms with E-state index in [4.69, 9.17) is 16.2 Å². The van der Waals surface area contributed by atoms with Gasteiger partial charge in [0.05, 0.1) is 17.1 Å². The Hall–Kier alpha value is -4.30. The standard InChI is InChI=1S/C29H30N6O2/c30-22-8-5-15-35(18-22)26-13-14-32-17-21(26)16-27(36)29-23(31)11-12-25(34-29)24-9-4-10-28(33-24)37-19-20-6-2-1-3-7-20/h1-4,6-7,9-14,17,22H,5,8,15-16,18-19,30-31H2/t22-/m0/s1.